The van der Waals surface area contributed by atoms with Crippen molar-refractivity contribution < 1.29 is 13.7 Å². The minimum atomic E-state index is -0.483. The summed E-state index contributed by atoms with van der Waals surface area (Å²) in [6, 6.07) is 6.35. The van der Waals surface area contributed by atoms with Crippen LogP contribution in [0.3, 0.4) is 0 Å². The monoisotopic (exact) mass is 436 g/mol. The minimum Gasteiger partial charge on any atom is -0.399 e. The highest BCUT2D eigenvalue weighted by molar-refractivity contribution is 6.63. The highest BCUT2D eigenvalue weighted by Gasteiger charge is 2.52. The first-order valence-electron chi connectivity index (χ1n) is 10.7. The van der Waals surface area contributed by atoms with E-state index < -0.39 is 18.3 Å². The standard InChI is InChI=1S/C22H26BFN6O2/c1-14(18-12-30(28-27-18)19-9-7-6-8-17(19)24)29-13-25-10-15-16(11-26-20(15)29)23-31-21(2,3)22(4,5)32-23/h6-12,14,26H,13H2,1-5H3. The second-order valence-corrected chi connectivity index (χ2v) is 9.23. The van der Waals surface area contributed by atoms with Gasteiger partial charge in [-0.3, -0.25) is 4.99 Å². The largest absolute Gasteiger partial charge is 0.497 e. The Morgan fingerprint density at radius 3 is 2.59 bits per heavy atom. The molecule has 1 unspecified atom stereocenters. The van der Waals surface area contributed by atoms with Crippen molar-refractivity contribution in [3.8, 4) is 5.69 Å². The first-order valence-corrected chi connectivity index (χ1v) is 10.7. The van der Waals surface area contributed by atoms with Gasteiger partial charge < -0.3 is 19.2 Å². The highest BCUT2D eigenvalue weighted by Crippen LogP contribution is 2.38. The molecule has 2 aliphatic heterocycles. The summed E-state index contributed by atoms with van der Waals surface area (Å²) >= 11 is 0. The van der Waals surface area contributed by atoms with Crippen molar-refractivity contribution in [2.24, 2.45) is 4.99 Å². The summed E-state index contributed by atoms with van der Waals surface area (Å²) in [5.74, 6) is 0.565. The van der Waals surface area contributed by atoms with E-state index in [-0.39, 0.29) is 11.9 Å². The van der Waals surface area contributed by atoms with Gasteiger partial charge in [-0.1, -0.05) is 17.3 Å². The molecule has 1 atom stereocenters. The van der Waals surface area contributed by atoms with E-state index in [9.17, 15) is 4.39 Å². The summed E-state index contributed by atoms with van der Waals surface area (Å²) in [5, 5.41) is 8.42. The van der Waals surface area contributed by atoms with Gasteiger partial charge in [0.15, 0.2) is 0 Å². The molecular weight excluding hydrogens is 410 g/mol. The Labute approximate surface area is 186 Å². The Balaban J connectivity index is 1.42. The Morgan fingerprint density at radius 1 is 1.16 bits per heavy atom. The first-order chi connectivity index (χ1) is 15.2. The summed E-state index contributed by atoms with van der Waals surface area (Å²) in [4.78, 5) is 10.0. The zero-order valence-electron chi connectivity index (χ0n) is 18.8. The van der Waals surface area contributed by atoms with Crippen LogP contribution in [0.2, 0.25) is 0 Å². The van der Waals surface area contributed by atoms with E-state index in [4.69, 9.17) is 9.31 Å². The van der Waals surface area contributed by atoms with E-state index in [0.29, 0.717) is 18.1 Å². The van der Waals surface area contributed by atoms with E-state index >= 15 is 0 Å². The van der Waals surface area contributed by atoms with Crippen LogP contribution in [0, 0.1) is 5.82 Å². The number of hydrogen-bond acceptors (Lipinski definition) is 6. The summed E-state index contributed by atoms with van der Waals surface area (Å²) in [7, 11) is -0.483. The number of anilines is 1. The van der Waals surface area contributed by atoms with Crippen LogP contribution >= 0.6 is 0 Å². The molecule has 0 aliphatic carbocycles. The van der Waals surface area contributed by atoms with Gasteiger partial charge in [0.1, 0.15) is 29.7 Å². The number of aromatic amines is 1. The predicted molar refractivity (Wildman–Crippen MR) is 121 cm³/mol. The lowest BCUT2D eigenvalue weighted by molar-refractivity contribution is 0.00578. The number of para-hydroxylation sites is 1. The molecule has 8 nitrogen and oxygen atoms in total. The number of aliphatic imine (C=N–C) groups is 1. The Bertz CT molecular complexity index is 1170. The van der Waals surface area contributed by atoms with E-state index in [0.717, 1.165) is 16.8 Å². The van der Waals surface area contributed by atoms with Gasteiger partial charge in [0.2, 0.25) is 0 Å². The molecular formula is C22H26BFN6O2. The van der Waals surface area contributed by atoms with Crippen molar-refractivity contribution in [2.45, 2.75) is 51.9 Å². The summed E-state index contributed by atoms with van der Waals surface area (Å²) in [6.07, 6.45) is 5.52. The van der Waals surface area contributed by atoms with Crippen LogP contribution in [0.5, 0.6) is 0 Å². The number of hydrogen-bond donors (Lipinski definition) is 1. The number of aromatic nitrogens is 4. The summed E-state index contributed by atoms with van der Waals surface area (Å²) in [5.41, 5.74) is 2.07. The molecule has 32 heavy (non-hydrogen) atoms. The number of nitrogens with zero attached hydrogens (tertiary/aromatic N) is 5. The van der Waals surface area contributed by atoms with Crippen LogP contribution in [-0.4, -0.2) is 51.2 Å². The zero-order valence-corrected chi connectivity index (χ0v) is 18.8. The molecule has 0 bridgehead atoms. The van der Waals surface area contributed by atoms with Gasteiger partial charge in [-0.25, -0.2) is 9.07 Å². The summed E-state index contributed by atoms with van der Waals surface area (Å²) in [6.45, 7) is 10.6. The van der Waals surface area contributed by atoms with Crippen molar-refractivity contribution >= 4 is 24.6 Å². The minimum absolute atomic E-state index is 0.142. The molecule has 1 saturated heterocycles. The molecule has 2 aliphatic rings. The number of nitrogens with one attached hydrogen (secondary N) is 1. The lowest BCUT2D eigenvalue weighted by atomic mass is 9.78. The van der Waals surface area contributed by atoms with Crippen molar-refractivity contribution in [3.05, 3.63) is 53.7 Å². The number of benzene rings is 1. The third-order valence-electron chi connectivity index (χ3n) is 6.69. The number of H-pyrrole nitrogens is 1. The molecule has 1 N–H and O–H groups in total. The van der Waals surface area contributed by atoms with Crippen LogP contribution in [0.1, 0.15) is 51.9 Å². The van der Waals surface area contributed by atoms with Gasteiger partial charge >= 0.3 is 7.12 Å². The third kappa shape index (κ3) is 3.25. The van der Waals surface area contributed by atoms with Gasteiger partial charge in [0.25, 0.3) is 0 Å². The maximum atomic E-state index is 14.2. The fourth-order valence-electron chi connectivity index (χ4n) is 3.97. The van der Waals surface area contributed by atoms with Crippen molar-refractivity contribution in [3.63, 3.8) is 0 Å². The van der Waals surface area contributed by atoms with Gasteiger partial charge in [0.05, 0.1) is 23.4 Å². The maximum Gasteiger partial charge on any atom is 0.497 e. The summed E-state index contributed by atoms with van der Waals surface area (Å²) < 4.78 is 28.1. The topological polar surface area (TPSA) is 80.6 Å². The van der Waals surface area contributed by atoms with Gasteiger partial charge in [-0.15, -0.1) is 5.10 Å². The maximum absolute atomic E-state index is 14.2. The van der Waals surface area contributed by atoms with E-state index in [1.165, 1.54) is 10.7 Å². The van der Waals surface area contributed by atoms with Gasteiger partial charge in [-0.2, -0.15) is 0 Å². The average molecular weight is 436 g/mol. The fourth-order valence-corrected chi connectivity index (χ4v) is 3.97. The quantitative estimate of drug-likeness (QED) is 0.637. The van der Waals surface area contributed by atoms with E-state index in [2.05, 4.69) is 25.2 Å². The second kappa shape index (κ2) is 7.28. The Hall–Kier alpha value is -2.98. The zero-order chi connectivity index (χ0) is 22.7. The van der Waals surface area contributed by atoms with Crippen LogP contribution in [-0.2, 0) is 9.31 Å². The van der Waals surface area contributed by atoms with Crippen molar-refractivity contribution in [2.75, 3.05) is 11.6 Å². The molecule has 0 spiro atoms. The van der Waals surface area contributed by atoms with Crippen molar-refractivity contribution in [1.29, 1.82) is 0 Å². The molecule has 3 aromatic rings. The molecule has 0 saturated carbocycles. The third-order valence-corrected chi connectivity index (χ3v) is 6.69. The molecule has 0 radical (unpaired) electrons. The molecule has 2 aromatic heterocycles. The fraction of sp³-hybridized carbons (Fsp3) is 0.409. The lowest BCUT2D eigenvalue weighted by Crippen LogP contribution is -2.41. The average Bonchev–Trinajstić information content (AvgIpc) is 3.44. The van der Waals surface area contributed by atoms with Gasteiger partial charge in [0, 0.05) is 23.4 Å². The Kier molecular flexibility index (Phi) is 4.75. The second-order valence-electron chi connectivity index (χ2n) is 9.23. The first kappa shape index (κ1) is 20.9. The van der Waals surface area contributed by atoms with Crippen molar-refractivity contribution in [1.82, 2.24) is 20.0 Å². The molecule has 4 heterocycles. The van der Waals surface area contributed by atoms with Crippen LogP contribution in [0.4, 0.5) is 10.2 Å². The molecule has 10 heteroatoms. The predicted octanol–water partition coefficient (Wildman–Crippen LogP) is 2.99. The molecule has 1 fully saturated rings. The van der Waals surface area contributed by atoms with Crippen LogP contribution in [0.25, 0.3) is 5.69 Å². The normalized spacial score (nSPS) is 19.9. The number of fused-ring (bicyclic) bond motifs is 1. The van der Waals surface area contributed by atoms with E-state index in [1.54, 1.807) is 24.4 Å². The van der Waals surface area contributed by atoms with Crippen LogP contribution in [0.15, 0.2) is 41.7 Å². The lowest BCUT2D eigenvalue weighted by Gasteiger charge is -2.32. The molecule has 5 rings (SSSR count). The molecule has 1 aromatic carbocycles. The Morgan fingerprint density at radius 2 is 1.88 bits per heavy atom. The van der Waals surface area contributed by atoms with Gasteiger partial charge in [-0.05, 0) is 46.8 Å². The highest BCUT2D eigenvalue weighted by atomic mass is 19.1. The SMILES string of the molecule is CC(c1cn(-c2ccccc2F)nn1)N1CN=Cc2c(B3OC(C)(C)C(C)(C)O3)c[nH]c21. The number of halogens is 1. The van der Waals surface area contributed by atoms with E-state index in [1.807, 2.05) is 47.0 Å². The molecule has 0 amide bonds. The number of rotatable bonds is 4. The smallest absolute Gasteiger partial charge is 0.399 e. The molecule has 166 valence electrons. The van der Waals surface area contributed by atoms with Crippen LogP contribution < -0.4 is 10.4 Å².